The monoisotopic (exact) mass is 334 g/mol. The van der Waals surface area contributed by atoms with E-state index in [0.29, 0.717) is 0 Å². The Labute approximate surface area is 140 Å². The number of methoxy groups -OCH3 is 1. The fourth-order valence-corrected chi connectivity index (χ4v) is 2.45. The predicted octanol–water partition coefficient (Wildman–Crippen LogP) is 6.33. The molecular formula is C20H21F3O. The number of hydrogen-bond acceptors (Lipinski definition) is 1. The standard InChI is InChI=1S/C20H21F3O/c1-3-4-5-6-14-7-9-15(10-8-14)19(22)20(23)16-11-12-18(24-2)17(21)13-16/h7-13H,3-6H2,1-2H3/b20-19+. The van der Waals surface area contributed by atoms with Crippen LogP contribution in [0.5, 0.6) is 5.75 Å². The van der Waals surface area contributed by atoms with E-state index in [1.807, 2.05) is 0 Å². The molecule has 0 aliphatic heterocycles. The molecule has 0 bridgehead atoms. The number of aryl methyl sites for hydroxylation is 1. The molecule has 128 valence electrons. The third kappa shape index (κ3) is 4.40. The summed E-state index contributed by atoms with van der Waals surface area (Å²) in [6, 6.07) is 10.2. The summed E-state index contributed by atoms with van der Waals surface area (Å²) in [5, 5.41) is 0. The lowest BCUT2D eigenvalue weighted by molar-refractivity contribution is 0.386. The van der Waals surface area contributed by atoms with Gasteiger partial charge in [-0.05, 0) is 36.6 Å². The van der Waals surface area contributed by atoms with Crippen LogP contribution < -0.4 is 4.74 Å². The quantitative estimate of drug-likeness (QED) is 0.424. The first kappa shape index (κ1) is 18.1. The van der Waals surface area contributed by atoms with Crippen molar-refractivity contribution in [2.24, 2.45) is 0 Å². The number of halogens is 3. The van der Waals surface area contributed by atoms with Gasteiger partial charge in [-0.15, -0.1) is 0 Å². The maximum absolute atomic E-state index is 14.3. The molecule has 2 aromatic rings. The molecule has 0 heterocycles. The largest absolute Gasteiger partial charge is 0.494 e. The highest BCUT2D eigenvalue weighted by molar-refractivity contribution is 5.83. The second-order valence-corrected chi connectivity index (χ2v) is 5.63. The van der Waals surface area contributed by atoms with Crippen LogP contribution in [0.2, 0.25) is 0 Å². The Balaban J connectivity index is 2.20. The molecule has 0 radical (unpaired) electrons. The van der Waals surface area contributed by atoms with Crippen LogP contribution in [0.15, 0.2) is 42.5 Å². The topological polar surface area (TPSA) is 9.23 Å². The van der Waals surface area contributed by atoms with Gasteiger partial charge in [-0.1, -0.05) is 44.0 Å². The maximum atomic E-state index is 14.3. The summed E-state index contributed by atoms with van der Waals surface area (Å²) in [5.74, 6) is -2.83. The number of ether oxygens (including phenoxy) is 1. The molecule has 1 nitrogen and oxygen atoms in total. The van der Waals surface area contributed by atoms with Gasteiger partial charge in [-0.25, -0.2) is 13.2 Å². The molecule has 0 aliphatic carbocycles. The first-order valence-electron chi connectivity index (χ1n) is 8.05. The second-order valence-electron chi connectivity index (χ2n) is 5.63. The van der Waals surface area contributed by atoms with E-state index in [9.17, 15) is 13.2 Å². The molecule has 2 rings (SSSR count). The molecule has 0 saturated heterocycles. The minimum atomic E-state index is -1.09. The lowest BCUT2D eigenvalue weighted by atomic mass is 10.0. The van der Waals surface area contributed by atoms with Crippen molar-refractivity contribution >= 4 is 11.7 Å². The molecule has 0 saturated carbocycles. The van der Waals surface area contributed by atoms with Crippen LogP contribution >= 0.6 is 0 Å². The summed E-state index contributed by atoms with van der Waals surface area (Å²) in [6.07, 6.45) is 4.28. The van der Waals surface area contributed by atoms with Crippen molar-refractivity contribution in [2.75, 3.05) is 7.11 Å². The Kier molecular flexibility index (Phi) is 6.47. The van der Waals surface area contributed by atoms with Gasteiger partial charge >= 0.3 is 0 Å². The Morgan fingerprint density at radius 2 is 1.54 bits per heavy atom. The van der Waals surface area contributed by atoms with Gasteiger partial charge in [-0.2, -0.15) is 0 Å². The van der Waals surface area contributed by atoms with Gasteiger partial charge in [-0.3, -0.25) is 0 Å². The average Bonchev–Trinajstić information content (AvgIpc) is 2.61. The van der Waals surface area contributed by atoms with Gasteiger partial charge in [0, 0.05) is 11.1 Å². The van der Waals surface area contributed by atoms with Crippen molar-refractivity contribution < 1.29 is 17.9 Å². The van der Waals surface area contributed by atoms with E-state index in [1.165, 1.54) is 19.2 Å². The molecule has 0 unspecified atom stereocenters. The van der Waals surface area contributed by atoms with Crippen molar-refractivity contribution in [2.45, 2.75) is 32.6 Å². The molecule has 0 atom stereocenters. The van der Waals surface area contributed by atoms with Gasteiger partial charge < -0.3 is 4.74 Å². The minimum Gasteiger partial charge on any atom is -0.494 e. The molecule has 0 fully saturated rings. The van der Waals surface area contributed by atoms with Gasteiger partial charge in [0.15, 0.2) is 23.2 Å². The molecule has 0 aromatic heterocycles. The Bertz CT molecular complexity index is 705. The highest BCUT2D eigenvalue weighted by Crippen LogP contribution is 2.31. The normalized spacial score (nSPS) is 12.0. The summed E-state index contributed by atoms with van der Waals surface area (Å²) in [7, 11) is 1.31. The number of benzene rings is 2. The second kappa shape index (κ2) is 8.57. The SMILES string of the molecule is CCCCCc1ccc(/C(F)=C(\F)c2ccc(OC)c(F)c2)cc1. The van der Waals surface area contributed by atoms with Crippen molar-refractivity contribution in [1.82, 2.24) is 0 Å². The molecule has 24 heavy (non-hydrogen) atoms. The number of unbranched alkanes of at least 4 members (excludes halogenated alkanes) is 2. The molecule has 0 spiro atoms. The lowest BCUT2D eigenvalue weighted by Crippen LogP contribution is -1.91. The Morgan fingerprint density at radius 3 is 2.12 bits per heavy atom. The fourth-order valence-electron chi connectivity index (χ4n) is 2.45. The van der Waals surface area contributed by atoms with Gasteiger partial charge in [0.25, 0.3) is 0 Å². The van der Waals surface area contributed by atoms with Crippen molar-refractivity contribution in [3.05, 3.63) is 65.0 Å². The van der Waals surface area contributed by atoms with Gasteiger partial charge in [0.2, 0.25) is 0 Å². The van der Waals surface area contributed by atoms with E-state index in [2.05, 4.69) is 6.92 Å². The van der Waals surface area contributed by atoms with Crippen LogP contribution in [-0.4, -0.2) is 7.11 Å². The molecule has 2 aromatic carbocycles. The van der Waals surface area contributed by atoms with Crippen molar-refractivity contribution in [1.29, 1.82) is 0 Å². The third-order valence-electron chi connectivity index (χ3n) is 3.87. The van der Waals surface area contributed by atoms with Crippen LogP contribution in [0.25, 0.3) is 11.7 Å². The molecule has 0 aliphatic rings. The Morgan fingerprint density at radius 1 is 0.917 bits per heavy atom. The first-order chi connectivity index (χ1) is 11.6. The molecular weight excluding hydrogens is 313 g/mol. The fraction of sp³-hybridized carbons (Fsp3) is 0.300. The zero-order valence-electron chi connectivity index (χ0n) is 13.9. The van der Waals surface area contributed by atoms with E-state index >= 15 is 0 Å². The Hall–Kier alpha value is -2.23. The zero-order valence-corrected chi connectivity index (χ0v) is 13.9. The highest BCUT2D eigenvalue weighted by Gasteiger charge is 2.14. The van der Waals surface area contributed by atoms with Crippen LogP contribution in [-0.2, 0) is 6.42 Å². The smallest absolute Gasteiger partial charge is 0.166 e. The first-order valence-corrected chi connectivity index (χ1v) is 8.05. The predicted molar refractivity (Wildman–Crippen MR) is 91.7 cm³/mol. The molecule has 0 amide bonds. The summed E-state index contributed by atoms with van der Waals surface area (Å²) in [6.45, 7) is 2.13. The maximum Gasteiger partial charge on any atom is 0.166 e. The van der Waals surface area contributed by atoms with Gasteiger partial charge in [0.1, 0.15) is 0 Å². The highest BCUT2D eigenvalue weighted by atomic mass is 19.2. The average molecular weight is 334 g/mol. The molecule has 4 heteroatoms. The lowest BCUT2D eigenvalue weighted by Gasteiger charge is -2.06. The van der Waals surface area contributed by atoms with Crippen molar-refractivity contribution in [3.8, 4) is 5.75 Å². The third-order valence-corrected chi connectivity index (χ3v) is 3.87. The van der Waals surface area contributed by atoms with E-state index < -0.39 is 17.5 Å². The van der Waals surface area contributed by atoms with E-state index in [4.69, 9.17) is 4.74 Å². The summed E-state index contributed by atoms with van der Waals surface area (Å²) in [4.78, 5) is 0. The van der Waals surface area contributed by atoms with E-state index in [0.717, 1.165) is 37.3 Å². The summed E-state index contributed by atoms with van der Waals surface area (Å²) >= 11 is 0. The number of hydrogen-bond donors (Lipinski definition) is 0. The van der Waals surface area contributed by atoms with Crippen LogP contribution in [0.3, 0.4) is 0 Å². The van der Waals surface area contributed by atoms with E-state index in [-0.39, 0.29) is 16.9 Å². The van der Waals surface area contributed by atoms with E-state index in [1.54, 1.807) is 24.3 Å². The molecule has 0 N–H and O–H groups in total. The van der Waals surface area contributed by atoms with Crippen LogP contribution in [0, 0.1) is 5.82 Å². The minimum absolute atomic E-state index is 0.0107. The van der Waals surface area contributed by atoms with Crippen LogP contribution in [0.1, 0.15) is 42.9 Å². The number of rotatable bonds is 7. The zero-order chi connectivity index (χ0) is 17.5. The van der Waals surface area contributed by atoms with Crippen molar-refractivity contribution in [3.63, 3.8) is 0 Å². The van der Waals surface area contributed by atoms with Gasteiger partial charge in [0.05, 0.1) is 7.11 Å². The summed E-state index contributed by atoms with van der Waals surface area (Å²) < 4.78 is 47.0. The summed E-state index contributed by atoms with van der Waals surface area (Å²) in [5.41, 5.74) is 1.08. The van der Waals surface area contributed by atoms with Crippen LogP contribution in [0.4, 0.5) is 13.2 Å².